The second kappa shape index (κ2) is 11.0. The Bertz CT molecular complexity index is 1140. The molecule has 3 rings (SSSR count). The zero-order chi connectivity index (χ0) is 23.1. The van der Waals surface area contributed by atoms with Crippen LogP contribution >= 0.6 is 27.7 Å². The number of aromatic amines is 1. The number of aromatic carboxylic acids is 1. The van der Waals surface area contributed by atoms with Crippen molar-refractivity contribution in [2.75, 3.05) is 0 Å². The molecule has 0 saturated heterocycles. The molecule has 1 aromatic heterocycles. The molecule has 0 spiro atoms. The summed E-state index contributed by atoms with van der Waals surface area (Å²) in [6.07, 6.45) is 3.21. The molecule has 0 aliphatic rings. The first kappa shape index (κ1) is 23.6. The average Bonchev–Trinajstić information content (AvgIpc) is 3.20. The number of aryl methyl sites for hydroxylation is 1. The van der Waals surface area contributed by atoms with Crippen LogP contribution in [0.2, 0.25) is 0 Å². The number of hydrogen-bond acceptors (Lipinski definition) is 6. The molecule has 166 valence electrons. The van der Waals surface area contributed by atoms with Crippen molar-refractivity contribution in [3.8, 4) is 5.75 Å². The van der Waals surface area contributed by atoms with Crippen LogP contribution in [-0.4, -0.2) is 37.3 Å². The third-order valence-electron chi connectivity index (χ3n) is 4.26. The Morgan fingerprint density at radius 1 is 1.19 bits per heavy atom. The van der Waals surface area contributed by atoms with Crippen molar-refractivity contribution in [2.24, 2.45) is 0 Å². The molecule has 0 radical (unpaired) electrons. The Morgan fingerprint density at radius 3 is 2.56 bits per heavy atom. The quantitative estimate of drug-likeness (QED) is 0.253. The molecule has 3 aromatic rings. The number of carboxylic acid groups (broad SMARTS) is 2. The Kier molecular flexibility index (Phi) is 8.07. The molecular weight excluding hydrogens is 498 g/mol. The van der Waals surface area contributed by atoms with Gasteiger partial charge in [0.2, 0.25) is 5.16 Å². The Balaban J connectivity index is 1.69. The Hall–Kier alpha value is -3.11. The summed E-state index contributed by atoms with van der Waals surface area (Å²) in [4.78, 5) is 27.0. The lowest BCUT2D eigenvalue weighted by Crippen LogP contribution is -1.99. The number of rotatable bonds is 10. The van der Waals surface area contributed by atoms with E-state index >= 15 is 0 Å². The van der Waals surface area contributed by atoms with Crippen LogP contribution in [0.5, 0.6) is 5.75 Å². The van der Waals surface area contributed by atoms with Crippen LogP contribution in [0.15, 0.2) is 57.0 Å². The van der Waals surface area contributed by atoms with Gasteiger partial charge in [-0.15, -0.1) is 5.10 Å². The second-order valence-corrected chi connectivity index (χ2v) is 8.57. The lowest BCUT2D eigenvalue weighted by atomic mass is 10.1. The Morgan fingerprint density at radius 2 is 1.94 bits per heavy atom. The minimum Gasteiger partial charge on any atom is -0.488 e. The molecule has 0 aliphatic heterocycles. The van der Waals surface area contributed by atoms with E-state index in [2.05, 4.69) is 31.1 Å². The van der Waals surface area contributed by atoms with Gasteiger partial charge in [-0.2, -0.15) is 0 Å². The van der Waals surface area contributed by atoms with Gasteiger partial charge >= 0.3 is 11.9 Å². The van der Waals surface area contributed by atoms with Crippen molar-refractivity contribution in [3.05, 3.63) is 74.4 Å². The maximum Gasteiger partial charge on any atom is 0.342 e. The van der Waals surface area contributed by atoms with Gasteiger partial charge in [0.25, 0.3) is 0 Å². The monoisotopic (exact) mass is 517 g/mol. The highest BCUT2D eigenvalue weighted by molar-refractivity contribution is 9.10. The number of nitrogens with zero attached hydrogens (tertiary/aromatic N) is 2. The molecule has 8 nitrogen and oxygen atoms in total. The number of carbonyl (C=O) groups is 2. The first-order chi connectivity index (χ1) is 15.4. The van der Waals surface area contributed by atoms with E-state index in [4.69, 9.17) is 9.84 Å². The van der Waals surface area contributed by atoms with Crippen LogP contribution in [0.25, 0.3) is 6.08 Å². The van der Waals surface area contributed by atoms with Crippen molar-refractivity contribution in [3.63, 3.8) is 0 Å². The number of H-pyrrole nitrogens is 1. The highest BCUT2D eigenvalue weighted by Gasteiger charge is 2.14. The van der Waals surface area contributed by atoms with Gasteiger partial charge in [-0.05, 0) is 75.6 Å². The third kappa shape index (κ3) is 6.44. The lowest BCUT2D eigenvalue weighted by molar-refractivity contribution is -0.131. The van der Waals surface area contributed by atoms with Crippen LogP contribution in [0, 0.1) is 0 Å². The summed E-state index contributed by atoms with van der Waals surface area (Å²) in [6, 6.07) is 11.7. The van der Waals surface area contributed by atoms with Gasteiger partial charge in [-0.25, -0.2) is 14.6 Å². The van der Waals surface area contributed by atoms with Crippen molar-refractivity contribution in [1.29, 1.82) is 0 Å². The van der Waals surface area contributed by atoms with Gasteiger partial charge in [0.1, 0.15) is 23.1 Å². The predicted octanol–water partition coefficient (Wildman–Crippen LogP) is 5.01. The van der Waals surface area contributed by atoms with Gasteiger partial charge in [-0.1, -0.05) is 25.1 Å². The standard InChI is InChI=1S/C22H20BrN3O5S/c1-2-3-19-24-22(26-25-19)32-18(21(29)30)11-14-6-9-17(16(23)10-14)31-12-13-4-7-15(8-5-13)20(27)28/h4-11H,2-3,12H2,1H3,(H,27,28)(H,29,30)(H,24,25,26)/b18-11-. The van der Waals surface area contributed by atoms with E-state index in [1.165, 1.54) is 12.1 Å². The minimum atomic E-state index is -1.07. The van der Waals surface area contributed by atoms with E-state index in [1.807, 2.05) is 6.92 Å². The molecular formula is C22H20BrN3O5S. The number of carboxylic acids is 2. The van der Waals surface area contributed by atoms with Crippen LogP contribution in [-0.2, 0) is 17.8 Å². The number of halogens is 1. The number of benzene rings is 2. The molecule has 32 heavy (non-hydrogen) atoms. The average molecular weight is 518 g/mol. The molecule has 0 fully saturated rings. The van der Waals surface area contributed by atoms with Crippen LogP contribution in [0.1, 0.15) is 40.7 Å². The summed E-state index contributed by atoms with van der Waals surface area (Å²) < 4.78 is 6.45. The maximum absolute atomic E-state index is 11.7. The van der Waals surface area contributed by atoms with Crippen molar-refractivity contribution in [1.82, 2.24) is 15.2 Å². The number of aliphatic carboxylic acids is 1. The van der Waals surface area contributed by atoms with Crippen LogP contribution in [0.4, 0.5) is 0 Å². The fourth-order valence-corrected chi connectivity index (χ4v) is 3.92. The molecule has 0 amide bonds. The number of hydrogen-bond donors (Lipinski definition) is 3. The molecule has 10 heteroatoms. The number of ether oxygens (including phenoxy) is 1. The lowest BCUT2D eigenvalue weighted by Gasteiger charge is -2.09. The molecule has 3 N–H and O–H groups in total. The topological polar surface area (TPSA) is 125 Å². The van der Waals surface area contributed by atoms with Gasteiger partial charge in [0, 0.05) is 6.42 Å². The number of thioether (sulfide) groups is 1. The second-order valence-electron chi connectivity index (χ2n) is 6.71. The predicted molar refractivity (Wildman–Crippen MR) is 124 cm³/mol. The van der Waals surface area contributed by atoms with E-state index in [-0.39, 0.29) is 17.1 Å². The van der Waals surface area contributed by atoms with E-state index in [1.54, 1.807) is 36.4 Å². The zero-order valence-corrected chi connectivity index (χ0v) is 19.4. The fraction of sp³-hybridized carbons (Fsp3) is 0.182. The van der Waals surface area contributed by atoms with Crippen molar-refractivity contribution >= 4 is 45.7 Å². The summed E-state index contributed by atoms with van der Waals surface area (Å²) in [5.41, 5.74) is 1.71. The van der Waals surface area contributed by atoms with Gasteiger partial charge in [0.15, 0.2) is 0 Å². The molecule has 0 aliphatic carbocycles. The number of nitrogens with one attached hydrogen (secondary N) is 1. The summed E-state index contributed by atoms with van der Waals surface area (Å²) in [5, 5.41) is 25.8. The molecule has 0 unspecified atom stereocenters. The summed E-state index contributed by atoms with van der Waals surface area (Å²) in [7, 11) is 0. The van der Waals surface area contributed by atoms with E-state index in [9.17, 15) is 14.7 Å². The normalized spacial score (nSPS) is 11.4. The summed E-state index contributed by atoms with van der Waals surface area (Å²) in [5.74, 6) is -0.751. The molecule has 0 atom stereocenters. The highest BCUT2D eigenvalue weighted by Crippen LogP contribution is 2.30. The third-order valence-corrected chi connectivity index (χ3v) is 5.76. The highest BCUT2D eigenvalue weighted by atomic mass is 79.9. The van der Waals surface area contributed by atoms with Gasteiger partial charge < -0.3 is 14.9 Å². The molecule has 1 heterocycles. The molecule has 0 saturated carbocycles. The van der Waals surface area contributed by atoms with E-state index < -0.39 is 11.9 Å². The summed E-state index contributed by atoms with van der Waals surface area (Å²) >= 11 is 4.43. The smallest absolute Gasteiger partial charge is 0.342 e. The fourth-order valence-electron chi connectivity index (χ4n) is 2.69. The Labute approximate surface area is 196 Å². The summed E-state index contributed by atoms with van der Waals surface area (Å²) in [6.45, 7) is 2.28. The maximum atomic E-state index is 11.7. The largest absolute Gasteiger partial charge is 0.488 e. The number of aromatic nitrogens is 3. The van der Waals surface area contributed by atoms with Gasteiger partial charge in [0.05, 0.1) is 10.0 Å². The minimum absolute atomic E-state index is 0.0890. The van der Waals surface area contributed by atoms with E-state index in [0.717, 1.165) is 36.0 Å². The molecule has 2 aromatic carbocycles. The van der Waals surface area contributed by atoms with Crippen LogP contribution < -0.4 is 4.74 Å². The SMILES string of the molecule is CCCc1nc(S/C(=C\c2ccc(OCc3ccc(C(=O)O)cc3)c(Br)c2)C(=O)O)n[nH]1. The van der Waals surface area contributed by atoms with Crippen molar-refractivity contribution in [2.45, 2.75) is 31.5 Å². The van der Waals surface area contributed by atoms with E-state index in [0.29, 0.717) is 20.9 Å². The first-order valence-electron chi connectivity index (χ1n) is 9.64. The van der Waals surface area contributed by atoms with Gasteiger partial charge in [-0.3, -0.25) is 5.10 Å². The first-order valence-corrected chi connectivity index (χ1v) is 11.3. The van der Waals surface area contributed by atoms with Crippen molar-refractivity contribution < 1.29 is 24.5 Å². The zero-order valence-electron chi connectivity index (χ0n) is 17.0. The van der Waals surface area contributed by atoms with Crippen LogP contribution in [0.3, 0.4) is 0 Å². The molecule has 0 bridgehead atoms.